The third kappa shape index (κ3) is 10.4. The van der Waals surface area contributed by atoms with E-state index in [1.807, 2.05) is 0 Å². The molecule has 0 amide bonds. The average Bonchev–Trinajstić information content (AvgIpc) is 2.65. The van der Waals surface area contributed by atoms with Crippen LogP contribution in [0.5, 0.6) is 5.75 Å². The second-order valence-electron chi connectivity index (χ2n) is 5.75. The monoisotopic (exact) mass is 569 g/mol. The van der Waals surface area contributed by atoms with Crippen LogP contribution in [0.1, 0.15) is 0 Å². The van der Waals surface area contributed by atoms with Crippen molar-refractivity contribution in [2.75, 3.05) is 5.73 Å². The first kappa shape index (κ1) is 36.7. The van der Waals surface area contributed by atoms with Gasteiger partial charge in [0.2, 0.25) is 0 Å². The van der Waals surface area contributed by atoms with Gasteiger partial charge in [-0.2, -0.15) is 17.2 Å². The zero-order valence-corrected chi connectivity index (χ0v) is 26.8. The Balaban J connectivity index is 0. The molecule has 35 heavy (non-hydrogen) atoms. The first-order valence-electron chi connectivity index (χ1n) is 7.87. The van der Waals surface area contributed by atoms with E-state index in [9.17, 15) is 31.0 Å². The summed E-state index contributed by atoms with van der Waals surface area (Å²) < 4.78 is 93.0. The van der Waals surface area contributed by atoms with E-state index < -0.39 is 46.3 Å². The molecule has 0 saturated carbocycles. The molecule has 0 aliphatic carbocycles. The van der Waals surface area contributed by atoms with Crippen LogP contribution in [0.3, 0.4) is 0 Å². The van der Waals surface area contributed by atoms with Crippen LogP contribution in [-0.2, 0) is 30.8 Å². The minimum absolute atomic E-state index is 0. The smallest absolute Gasteiger partial charge is 0.744 e. The van der Waals surface area contributed by atoms with Gasteiger partial charge in [-0.05, 0) is 24.3 Å². The van der Waals surface area contributed by atoms with Crippen molar-refractivity contribution >= 4 is 58.7 Å². The zero-order chi connectivity index (χ0) is 24.3. The SMILES string of the molecule is Nc1c(N=Nc2ccc(S(=O)(=O)[O-])cc2)c(S(=O)(=O)[O-])cc2c[c-]cc(O)c12.O=S(=O)=O.[Na+].[Na+].[Na+]. The zero-order valence-electron chi connectivity index (χ0n) is 18.4. The molecule has 3 aromatic carbocycles. The van der Waals surface area contributed by atoms with Crippen LogP contribution in [0.15, 0.2) is 62.5 Å². The van der Waals surface area contributed by atoms with Crippen LogP contribution in [0.25, 0.3) is 10.8 Å². The van der Waals surface area contributed by atoms with Crippen LogP contribution >= 0.6 is 0 Å². The molecule has 0 spiro atoms. The van der Waals surface area contributed by atoms with E-state index in [2.05, 4.69) is 16.3 Å². The number of azo groups is 1. The molecule has 170 valence electrons. The van der Waals surface area contributed by atoms with E-state index in [1.54, 1.807) is 0 Å². The number of fused-ring (bicyclic) bond motifs is 1. The summed E-state index contributed by atoms with van der Waals surface area (Å²) in [5, 5.41) is 17.6. The second kappa shape index (κ2) is 15.1. The third-order valence-corrected chi connectivity index (χ3v) is 5.41. The number of benzene rings is 3. The Morgan fingerprint density at radius 3 is 1.86 bits per heavy atom. The van der Waals surface area contributed by atoms with Crippen molar-refractivity contribution in [3.8, 4) is 5.75 Å². The van der Waals surface area contributed by atoms with Crippen molar-refractivity contribution in [3.63, 3.8) is 0 Å². The second-order valence-corrected chi connectivity index (χ2v) is 8.88. The van der Waals surface area contributed by atoms with Crippen molar-refractivity contribution in [1.82, 2.24) is 0 Å². The van der Waals surface area contributed by atoms with E-state index in [0.717, 1.165) is 30.3 Å². The Morgan fingerprint density at radius 2 is 1.40 bits per heavy atom. The number of nitrogen functional groups attached to an aromatic ring is 1. The molecule has 0 aliphatic rings. The van der Waals surface area contributed by atoms with Crippen LogP contribution < -0.4 is 94.4 Å². The van der Waals surface area contributed by atoms with Crippen molar-refractivity contribution < 1.29 is 132 Å². The minimum Gasteiger partial charge on any atom is -0.744 e. The average molecular weight is 569 g/mol. The summed E-state index contributed by atoms with van der Waals surface area (Å²) in [6.07, 6.45) is 0. The summed E-state index contributed by atoms with van der Waals surface area (Å²) >= 11 is 0. The molecule has 0 atom stereocenters. The maximum Gasteiger partial charge on any atom is 1.00 e. The predicted octanol–water partition coefficient (Wildman–Crippen LogP) is -7.84. The van der Waals surface area contributed by atoms with Gasteiger partial charge in [0, 0.05) is 11.4 Å². The van der Waals surface area contributed by atoms with Gasteiger partial charge in [-0.25, -0.2) is 16.8 Å². The van der Waals surface area contributed by atoms with Crippen molar-refractivity contribution in [2.45, 2.75) is 9.79 Å². The molecule has 13 nitrogen and oxygen atoms in total. The van der Waals surface area contributed by atoms with Gasteiger partial charge < -0.3 is 19.9 Å². The van der Waals surface area contributed by atoms with Gasteiger partial charge in [0.15, 0.2) is 0 Å². The molecule has 3 rings (SSSR count). The van der Waals surface area contributed by atoms with Gasteiger partial charge in [0.25, 0.3) is 0 Å². The number of nitrogens with zero attached hydrogens (tertiary/aromatic N) is 2. The number of anilines is 1. The van der Waals surface area contributed by atoms with Gasteiger partial charge in [0.05, 0.1) is 15.5 Å². The molecular weight excluding hydrogens is 559 g/mol. The number of phenolic OH excluding ortho intramolecular Hbond substituents is 1. The van der Waals surface area contributed by atoms with Gasteiger partial charge in [-0.15, -0.1) is 29.2 Å². The number of nitrogens with two attached hydrogens (primary N) is 1. The number of rotatable bonds is 4. The molecule has 0 heterocycles. The van der Waals surface area contributed by atoms with Crippen LogP contribution in [0.2, 0.25) is 0 Å². The fraction of sp³-hybridized carbons (Fsp3) is 0. The van der Waals surface area contributed by atoms with Crippen molar-refractivity contribution in [2.24, 2.45) is 10.2 Å². The summed E-state index contributed by atoms with van der Waals surface area (Å²) in [5.41, 5.74) is 5.20. The van der Waals surface area contributed by atoms with Gasteiger partial charge in [-0.1, -0.05) is 11.5 Å². The summed E-state index contributed by atoms with van der Waals surface area (Å²) in [4.78, 5) is -1.24. The molecule has 0 aliphatic heterocycles. The normalized spacial score (nSPS) is 10.8. The molecular formula is C16H10N3Na3O10S3. The molecule has 0 aromatic heterocycles. The van der Waals surface area contributed by atoms with E-state index in [4.69, 9.17) is 18.4 Å². The number of hydrogen-bond donors (Lipinski definition) is 2. The van der Waals surface area contributed by atoms with Gasteiger partial charge >= 0.3 is 99.3 Å². The number of aromatic hydroxyl groups is 1. The van der Waals surface area contributed by atoms with Gasteiger partial charge in [0.1, 0.15) is 25.9 Å². The fourth-order valence-corrected chi connectivity index (χ4v) is 3.58. The molecule has 0 saturated heterocycles. The number of hydrogen-bond acceptors (Lipinski definition) is 13. The van der Waals surface area contributed by atoms with Crippen LogP contribution in [0, 0.1) is 6.07 Å². The fourth-order valence-electron chi connectivity index (χ4n) is 2.45. The summed E-state index contributed by atoms with van der Waals surface area (Å²) in [5.74, 6) is -0.300. The summed E-state index contributed by atoms with van der Waals surface area (Å²) in [7, 11) is -12.7. The van der Waals surface area contributed by atoms with Gasteiger partial charge in [-0.3, -0.25) is 0 Å². The molecule has 3 N–H and O–H groups in total. The molecule has 19 heteroatoms. The molecule has 0 radical (unpaired) electrons. The largest absolute Gasteiger partial charge is 1.00 e. The van der Waals surface area contributed by atoms with Crippen LogP contribution in [-0.4, -0.2) is 43.7 Å². The van der Waals surface area contributed by atoms with Crippen molar-refractivity contribution in [3.05, 3.63) is 48.5 Å². The Kier molecular flexibility index (Phi) is 15.8. The minimum atomic E-state index is -4.99. The number of phenols is 1. The molecule has 0 bridgehead atoms. The quantitative estimate of drug-likeness (QED) is 0.0983. The third-order valence-electron chi connectivity index (χ3n) is 3.71. The topological polar surface area (TPSA) is 237 Å². The summed E-state index contributed by atoms with van der Waals surface area (Å²) in [6, 6.07) is 10.4. The first-order valence-corrected chi connectivity index (χ1v) is 11.7. The Bertz CT molecular complexity index is 1540. The maximum atomic E-state index is 11.6. The van der Waals surface area contributed by atoms with E-state index in [1.165, 1.54) is 12.1 Å². The summed E-state index contributed by atoms with van der Waals surface area (Å²) in [6.45, 7) is 0. The maximum absolute atomic E-state index is 11.6. The van der Waals surface area contributed by atoms with E-state index in [-0.39, 0.29) is 117 Å². The van der Waals surface area contributed by atoms with Crippen LogP contribution in [0.4, 0.5) is 17.1 Å². The predicted molar refractivity (Wildman–Crippen MR) is 105 cm³/mol. The molecule has 0 fully saturated rings. The van der Waals surface area contributed by atoms with E-state index in [0.29, 0.717) is 0 Å². The molecule has 3 aromatic rings. The first-order chi connectivity index (χ1) is 14.7. The van der Waals surface area contributed by atoms with E-state index >= 15 is 0 Å². The standard InChI is InChI=1S/C16H12N3O7S2.3Na.O3S/c17-15-14-9(2-1-3-12(14)20)8-13(28(24,25)26)16(15)19-18-10-4-6-11(7-5-10)27(21,22)23;;;;1-4(2)3/h2-8,20H,17H2,(H,21,22,23)(H,24,25,26);;;;/q-1;3*+1;/p-2. The van der Waals surface area contributed by atoms with Crippen molar-refractivity contribution in [1.29, 1.82) is 0 Å². The Hall–Kier alpha value is -0.440. The molecule has 0 unspecified atom stereocenters. The Labute approximate surface area is 267 Å². The Morgan fingerprint density at radius 1 is 0.886 bits per heavy atom.